The van der Waals surface area contributed by atoms with E-state index in [1.54, 1.807) is 36.4 Å². The van der Waals surface area contributed by atoms with Crippen molar-refractivity contribution >= 4 is 27.1 Å². The maximum atomic E-state index is 12.4. The lowest BCUT2D eigenvalue weighted by Gasteiger charge is -2.13. The van der Waals surface area contributed by atoms with Gasteiger partial charge in [0.2, 0.25) is 10.0 Å². The van der Waals surface area contributed by atoms with Gasteiger partial charge in [-0.15, -0.1) is 0 Å². The summed E-state index contributed by atoms with van der Waals surface area (Å²) in [4.78, 5) is 0.258. The summed E-state index contributed by atoms with van der Waals surface area (Å²) in [7, 11) is -3.49. The number of nitrogen functional groups attached to an aromatic ring is 1. The van der Waals surface area contributed by atoms with Gasteiger partial charge in [0.15, 0.2) is 0 Å². The second-order valence-electron chi connectivity index (χ2n) is 5.14. The first-order valence-electron chi connectivity index (χ1n) is 6.78. The SMILES string of the molecule is Nc1ccc(Nc2ccccc2S(=O)(=O)NC2CC2)cc1. The number of sulfonamides is 1. The van der Waals surface area contributed by atoms with Crippen molar-refractivity contribution in [2.75, 3.05) is 11.1 Å². The van der Waals surface area contributed by atoms with Crippen LogP contribution in [-0.2, 0) is 10.0 Å². The molecule has 0 atom stereocenters. The van der Waals surface area contributed by atoms with Crippen LogP contribution in [0.5, 0.6) is 0 Å². The molecule has 4 N–H and O–H groups in total. The molecule has 1 saturated carbocycles. The predicted octanol–water partition coefficient (Wildman–Crippen LogP) is 2.45. The van der Waals surface area contributed by atoms with E-state index in [0.29, 0.717) is 11.4 Å². The Bertz CT molecular complexity index is 738. The Balaban J connectivity index is 1.90. The highest BCUT2D eigenvalue weighted by molar-refractivity contribution is 7.89. The molecule has 0 heterocycles. The van der Waals surface area contributed by atoms with Crippen LogP contribution >= 0.6 is 0 Å². The zero-order valence-electron chi connectivity index (χ0n) is 11.4. The summed E-state index contributed by atoms with van der Waals surface area (Å²) >= 11 is 0. The average molecular weight is 303 g/mol. The molecule has 0 radical (unpaired) electrons. The maximum absolute atomic E-state index is 12.4. The summed E-state index contributed by atoms with van der Waals surface area (Å²) in [6.07, 6.45) is 1.82. The summed E-state index contributed by atoms with van der Waals surface area (Å²) in [6, 6.07) is 14.1. The molecule has 110 valence electrons. The van der Waals surface area contributed by atoms with Crippen molar-refractivity contribution in [3.63, 3.8) is 0 Å². The van der Waals surface area contributed by atoms with Crippen LogP contribution in [0.3, 0.4) is 0 Å². The molecular formula is C15H17N3O2S. The Hall–Kier alpha value is -2.05. The largest absolute Gasteiger partial charge is 0.399 e. The van der Waals surface area contributed by atoms with E-state index >= 15 is 0 Å². The fraction of sp³-hybridized carbons (Fsp3) is 0.200. The number of nitrogens with one attached hydrogen (secondary N) is 2. The molecule has 21 heavy (non-hydrogen) atoms. The van der Waals surface area contributed by atoms with E-state index in [1.165, 1.54) is 0 Å². The van der Waals surface area contributed by atoms with Crippen LogP contribution < -0.4 is 15.8 Å². The first-order chi connectivity index (χ1) is 10.0. The van der Waals surface area contributed by atoms with E-state index in [0.717, 1.165) is 18.5 Å². The standard InChI is InChI=1S/C15H17N3O2S/c16-11-5-7-12(8-6-11)17-14-3-1-2-4-15(14)21(19,20)18-13-9-10-13/h1-8,13,17-18H,9-10,16H2. The Labute approximate surface area is 124 Å². The third kappa shape index (κ3) is 3.34. The van der Waals surface area contributed by atoms with E-state index in [2.05, 4.69) is 10.0 Å². The summed E-state index contributed by atoms with van der Waals surface area (Å²) in [6.45, 7) is 0. The topological polar surface area (TPSA) is 84.2 Å². The molecule has 1 fully saturated rings. The number of anilines is 3. The normalized spacial score (nSPS) is 14.9. The first-order valence-corrected chi connectivity index (χ1v) is 8.27. The smallest absolute Gasteiger partial charge is 0.242 e. The molecule has 0 aliphatic heterocycles. The number of hydrogen-bond acceptors (Lipinski definition) is 4. The molecule has 2 aromatic carbocycles. The molecule has 0 saturated heterocycles. The predicted molar refractivity (Wildman–Crippen MR) is 83.9 cm³/mol. The van der Waals surface area contributed by atoms with Crippen molar-refractivity contribution in [2.24, 2.45) is 0 Å². The molecule has 3 rings (SSSR count). The van der Waals surface area contributed by atoms with Crippen molar-refractivity contribution in [2.45, 2.75) is 23.8 Å². The molecule has 6 heteroatoms. The molecule has 0 unspecified atom stereocenters. The van der Waals surface area contributed by atoms with Gasteiger partial charge in [-0.25, -0.2) is 13.1 Å². The van der Waals surface area contributed by atoms with Crippen LogP contribution in [0.4, 0.5) is 17.1 Å². The van der Waals surface area contributed by atoms with Crippen molar-refractivity contribution in [3.05, 3.63) is 48.5 Å². The third-order valence-electron chi connectivity index (χ3n) is 3.27. The van der Waals surface area contributed by atoms with Gasteiger partial charge in [-0.05, 0) is 49.2 Å². The number of rotatable bonds is 5. The van der Waals surface area contributed by atoms with Crippen LogP contribution in [0.25, 0.3) is 0 Å². The van der Waals surface area contributed by atoms with E-state index in [9.17, 15) is 8.42 Å². The maximum Gasteiger partial charge on any atom is 0.242 e. The lowest BCUT2D eigenvalue weighted by atomic mass is 10.2. The van der Waals surface area contributed by atoms with E-state index in [1.807, 2.05) is 12.1 Å². The molecule has 1 aliphatic carbocycles. The zero-order valence-corrected chi connectivity index (χ0v) is 12.2. The number of nitrogens with two attached hydrogens (primary N) is 1. The fourth-order valence-corrected chi connectivity index (χ4v) is 3.48. The minimum Gasteiger partial charge on any atom is -0.399 e. The van der Waals surface area contributed by atoms with Gasteiger partial charge in [-0.2, -0.15) is 0 Å². The summed E-state index contributed by atoms with van der Waals surface area (Å²) in [5.74, 6) is 0. The Morgan fingerprint density at radius 2 is 1.67 bits per heavy atom. The van der Waals surface area contributed by atoms with Crippen molar-refractivity contribution in [1.82, 2.24) is 4.72 Å². The van der Waals surface area contributed by atoms with E-state index in [-0.39, 0.29) is 10.9 Å². The van der Waals surface area contributed by atoms with Crippen LogP contribution in [0.15, 0.2) is 53.4 Å². The lowest BCUT2D eigenvalue weighted by Crippen LogP contribution is -2.26. The van der Waals surface area contributed by atoms with Crippen molar-refractivity contribution in [3.8, 4) is 0 Å². The van der Waals surface area contributed by atoms with E-state index < -0.39 is 10.0 Å². The molecule has 0 spiro atoms. The Morgan fingerprint density at radius 3 is 2.33 bits per heavy atom. The minimum absolute atomic E-state index is 0.0829. The van der Waals surface area contributed by atoms with Gasteiger partial charge in [0.05, 0.1) is 5.69 Å². The summed E-state index contributed by atoms with van der Waals surface area (Å²) < 4.78 is 27.4. The minimum atomic E-state index is -3.49. The van der Waals surface area contributed by atoms with Gasteiger partial charge < -0.3 is 11.1 Å². The molecular weight excluding hydrogens is 286 g/mol. The molecule has 1 aliphatic rings. The van der Waals surface area contributed by atoms with Gasteiger partial charge in [-0.1, -0.05) is 12.1 Å². The van der Waals surface area contributed by atoms with Crippen LogP contribution in [0, 0.1) is 0 Å². The Morgan fingerprint density at radius 1 is 1.00 bits per heavy atom. The number of hydrogen-bond donors (Lipinski definition) is 3. The van der Waals surface area contributed by atoms with Crippen molar-refractivity contribution < 1.29 is 8.42 Å². The second-order valence-corrected chi connectivity index (χ2v) is 6.82. The van der Waals surface area contributed by atoms with Gasteiger partial charge in [0, 0.05) is 17.4 Å². The van der Waals surface area contributed by atoms with Gasteiger partial charge in [0.1, 0.15) is 4.90 Å². The zero-order chi connectivity index (χ0) is 14.9. The van der Waals surface area contributed by atoms with Crippen LogP contribution in [-0.4, -0.2) is 14.5 Å². The molecule has 2 aromatic rings. The lowest BCUT2D eigenvalue weighted by molar-refractivity contribution is 0.581. The van der Waals surface area contributed by atoms with E-state index in [4.69, 9.17) is 5.73 Å². The highest BCUT2D eigenvalue weighted by atomic mass is 32.2. The number of benzene rings is 2. The summed E-state index contributed by atoms with van der Waals surface area (Å²) in [5.41, 5.74) is 7.65. The molecule has 0 aromatic heterocycles. The number of para-hydroxylation sites is 1. The fourth-order valence-electron chi connectivity index (χ4n) is 2.01. The highest BCUT2D eigenvalue weighted by Gasteiger charge is 2.29. The second kappa shape index (κ2) is 5.38. The van der Waals surface area contributed by atoms with Crippen molar-refractivity contribution in [1.29, 1.82) is 0 Å². The molecule has 0 amide bonds. The van der Waals surface area contributed by atoms with Crippen LogP contribution in [0.1, 0.15) is 12.8 Å². The third-order valence-corrected chi connectivity index (χ3v) is 4.84. The Kier molecular flexibility index (Phi) is 3.57. The van der Waals surface area contributed by atoms with Gasteiger partial charge in [0.25, 0.3) is 0 Å². The van der Waals surface area contributed by atoms with Crippen LogP contribution in [0.2, 0.25) is 0 Å². The molecule has 5 nitrogen and oxygen atoms in total. The first kappa shape index (κ1) is 13.9. The average Bonchev–Trinajstić information content (AvgIpc) is 3.25. The molecule has 0 bridgehead atoms. The quantitative estimate of drug-likeness (QED) is 0.741. The summed E-state index contributed by atoms with van der Waals surface area (Å²) in [5, 5.41) is 3.12. The van der Waals surface area contributed by atoms with Gasteiger partial charge in [-0.3, -0.25) is 0 Å². The highest BCUT2D eigenvalue weighted by Crippen LogP contribution is 2.28. The van der Waals surface area contributed by atoms with Gasteiger partial charge >= 0.3 is 0 Å². The monoisotopic (exact) mass is 303 g/mol.